The molecule has 4 rings (SSSR count). The number of phenolic OH excluding ortho intramolecular Hbond substituents is 2. The monoisotopic (exact) mass is 439 g/mol. The minimum absolute atomic E-state index is 0.0141. The number of allylic oxidation sites excluding steroid dienone is 2. The summed E-state index contributed by atoms with van der Waals surface area (Å²) in [5, 5.41) is 21.9. The van der Waals surface area contributed by atoms with Crippen molar-refractivity contribution >= 4 is 0 Å². The predicted octanol–water partition coefficient (Wildman–Crippen LogP) is 6.80. The first kappa shape index (κ1) is 22.9. The molecule has 3 aromatic carbocycles. The van der Waals surface area contributed by atoms with Crippen molar-refractivity contribution in [2.75, 3.05) is 13.1 Å². The van der Waals surface area contributed by atoms with Crippen LogP contribution in [0.15, 0.2) is 86.0 Å². The summed E-state index contributed by atoms with van der Waals surface area (Å²) in [6.07, 6.45) is 8.57. The molecule has 1 atom stereocenters. The lowest BCUT2D eigenvalue weighted by molar-refractivity contribution is 0.185. The Labute approximate surface area is 197 Å². The van der Waals surface area contributed by atoms with Gasteiger partial charge in [-0.25, -0.2) is 0 Å². The zero-order chi connectivity index (χ0) is 23.2. The van der Waals surface area contributed by atoms with E-state index in [1.165, 1.54) is 24.8 Å². The van der Waals surface area contributed by atoms with E-state index in [1.807, 2.05) is 30.3 Å². The summed E-state index contributed by atoms with van der Waals surface area (Å²) >= 11 is 0. The quantitative estimate of drug-likeness (QED) is 0.380. The Morgan fingerprint density at radius 1 is 0.848 bits per heavy atom. The van der Waals surface area contributed by atoms with E-state index in [9.17, 15) is 10.2 Å². The lowest BCUT2D eigenvalue weighted by atomic mass is 9.88. The Kier molecular flexibility index (Phi) is 7.31. The van der Waals surface area contributed by atoms with Crippen molar-refractivity contribution in [3.8, 4) is 22.6 Å². The zero-order valence-corrected chi connectivity index (χ0v) is 19.2. The average molecular weight is 440 g/mol. The minimum atomic E-state index is -0.0141. The molecule has 3 nitrogen and oxygen atoms in total. The molecule has 1 fully saturated rings. The second kappa shape index (κ2) is 10.5. The van der Waals surface area contributed by atoms with Gasteiger partial charge in [-0.1, -0.05) is 55.0 Å². The number of aromatic hydroxyl groups is 2. The Morgan fingerprint density at radius 3 is 2.27 bits per heavy atom. The van der Waals surface area contributed by atoms with Crippen molar-refractivity contribution in [1.29, 1.82) is 0 Å². The number of rotatable bonds is 8. The van der Waals surface area contributed by atoms with Crippen LogP contribution >= 0.6 is 0 Å². The molecule has 1 aliphatic heterocycles. The Bertz CT molecular complexity index is 1110. The molecule has 170 valence electrons. The fraction of sp³-hybridized carbons (Fsp3) is 0.267. The van der Waals surface area contributed by atoms with Gasteiger partial charge in [0, 0.05) is 11.1 Å². The average Bonchev–Trinajstić information content (AvgIpc) is 2.84. The molecule has 3 heteroatoms. The highest BCUT2D eigenvalue weighted by Crippen LogP contribution is 2.42. The van der Waals surface area contributed by atoms with E-state index in [-0.39, 0.29) is 11.8 Å². The summed E-state index contributed by atoms with van der Waals surface area (Å²) in [4.78, 5) is 2.50. The number of phenols is 2. The fourth-order valence-electron chi connectivity index (χ4n) is 4.90. The molecule has 1 aliphatic rings. The van der Waals surface area contributed by atoms with Crippen LogP contribution in [0, 0.1) is 0 Å². The molecule has 0 saturated carbocycles. The largest absolute Gasteiger partial charge is 0.508 e. The smallest absolute Gasteiger partial charge is 0.128 e. The van der Waals surface area contributed by atoms with Crippen molar-refractivity contribution in [2.45, 2.75) is 38.1 Å². The zero-order valence-electron chi connectivity index (χ0n) is 19.2. The fourth-order valence-corrected chi connectivity index (χ4v) is 4.90. The summed E-state index contributed by atoms with van der Waals surface area (Å²) in [7, 11) is 0. The van der Waals surface area contributed by atoms with Gasteiger partial charge < -0.3 is 10.2 Å². The van der Waals surface area contributed by atoms with Gasteiger partial charge in [0.1, 0.15) is 11.5 Å². The summed E-state index contributed by atoms with van der Waals surface area (Å²) < 4.78 is 0. The van der Waals surface area contributed by atoms with Crippen LogP contribution in [0.4, 0.5) is 0 Å². The van der Waals surface area contributed by atoms with Crippen LogP contribution in [-0.4, -0.2) is 28.2 Å². The molecule has 1 saturated heterocycles. The molecule has 0 aliphatic carbocycles. The van der Waals surface area contributed by atoms with Crippen molar-refractivity contribution in [1.82, 2.24) is 4.90 Å². The summed E-state index contributed by atoms with van der Waals surface area (Å²) in [5.74, 6) is 0.550. The summed E-state index contributed by atoms with van der Waals surface area (Å²) in [5.41, 5.74) is 5.70. The van der Waals surface area contributed by atoms with Gasteiger partial charge in [0.2, 0.25) is 0 Å². The van der Waals surface area contributed by atoms with Gasteiger partial charge in [0.05, 0.1) is 6.04 Å². The number of likely N-dealkylation sites (tertiary alicyclic amines) is 1. The molecule has 33 heavy (non-hydrogen) atoms. The van der Waals surface area contributed by atoms with E-state index in [0.29, 0.717) is 12.2 Å². The molecule has 0 bridgehead atoms. The molecule has 0 radical (unpaired) electrons. The molecule has 0 amide bonds. The number of piperidine rings is 1. The Morgan fingerprint density at radius 2 is 1.58 bits per heavy atom. The van der Waals surface area contributed by atoms with E-state index >= 15 is 0 Å². The van der Waals surface area contributed by atoms with Crippen LogP contribution in [0.25, 0.3) is 11.1 Å². The SMILES string of the molecule is C=CCc1cc(-c2ccc(O)c(CC=C)c2)c(O)c(C(c2ccccc2)N2CCCCC2)c1. The van der Waals surface area contributed by atoms with Gasteiger partial charge in [-0.2, -0.15) is 0 Å². The standard InChI is InChI=1S/C30H33NO2/c1-3-11-22-19-26(24-15-16-28(32)25(21-24)12-4-2)30(33)27(20-22)29(23-13-7-5-8-14-23)31-17-9-6-10-18-31/h3-5,7-8,13-16,19-21,29,32-33H,1-2,6,9-12,17-18H2. The summed E-state index contributed by atoms with van der Waals surface area (Å²) in [6.45, 7) is 9.77. The Hall–Kier alpha value is -3.30. The van der Waals surface area contributed by atoms with E-state index in [1.54, 1.807) is 12.1 Å². The van der Waals surface area contributed by atoms with Gasteiger partial charge in [-0.05, 0) is 85.3 Å². The van der Waals surface area contributed by atoms with E-state index in [0.717, 1.165) is 47.3 Å². The number of nitrogens with zero attached hydrogens (tertiary/aromatic N) is 1. The first-order valence-electron chi connectivity index (χ1n) is 11.8. The van der Waals surface area contributed by atoms with Crippen molar-refractivity contribution in [3.63, 3.8) is 0 Å². The van der Waals surface area contributed by atoms with Crippen molar-refractivity contribution in [2.24, 2.45) is 0 Å². The maximum atomic E-state index is 11.7. The van der Waals surface area contributed by atoms with E-state index < -0.39 is 0 Å². The number of benzene rings is 3. The van der Waals surface area contributed by atoms with Gasteiger partial charge >= 0.3 is 0 Å². The molecule has 0 spiro atoms. The molecular weight excluding hydrogens is 406 g/mol. The first-order chi connectivity index (χ1) is 16.1. The number of hydrogen-bond donors (Lipinski definition) is 2. The minimum Gasteiger partial charge on any atom is -0.508 e. The van der Waals surface area contributed by atoms with Gasteiger partial charge in [-0.3, -0.25) is 4.90 Å². The second-order valence-corrected chi connectivity index (χ2v) is 8.82. The van der Waals surface area contributed by atoms with Crippen LogP contribution in [0.5, 0.6) is 11.5 Å². The molecule has 1 heterocycles. The first-order valence-corrected chi connectivity index (χ1v) is 11.8. The second-order valence-electron chi connectivity index (χ2n) is 8.82. The molecular formula is C30H33NO2. The lowest BCUT2D eigenvalue weighted by Gasteiger charge is -2.36. The lowest BCUT2D eigenvalue weighted by Crippen LogP contribution is -2.34. The van der Waals surface area contributed by atoms with Gasteiger partial charge in [-0.15, -0.1) is 13.2 Å². The Balaban J connectivity index is 1.90. The van der Waals surface area contributed by atoms with Crippen LogP contribution < -0.4 is 0 Å². The highest BCUT2D eigenvalue weighted by atomic mass is 16.3. The molecule has 1 unspecified atom stereocenters. The third-order valence-corrected chi connectivity index (χ3v) is 6.50. The van der Waals surface area contributed by atoms with Crippen LogP contribution in [0.1, 0.15) is 47.6 Å². The predicted molar refractivity (Wildman–Crippen MR) is 137 cm³/mol. The van der Waals surface area contributed by atoms with Crippen molar-refractivity contribution < 1.29 is 10.2 Å². The molecule has 0 aromatic heterocycles. The third kappa shape index (κ3) is 5.04. The molecule has 2 N–H and O–H groups in total. The van der Waals surface area contributed by atoms with Crippen LogP contribution in [0.3, 0.4) is 0 Å². The normalized spacial score (nSPS) is 15.2. The topological polar surface area (TPSA) is 43.7 Å². The maximum absolute atomic E-state index is 11.7. The molecule has 3 aromatic rings. The van der Waals surface area contributed by atoms with E-state index in [2.05, 4.69) is 48.4 Å². The van der Waals surface area contributed by atoms with Crippen LogP contribution in [0.2, 0.25) is 0 Å². The highest BCUT2D eigenvalue weighted by molar-refractivity contribution is 5.75. The van der Waals surface area contributed by atoms with Crippen molar-refractivity contribution in [3.05, 3.63) is 108 Å². The number of hydrogen-bond acceptors (Lipinski definition) is 3. The van der Waals surface area contributed by atoms with E-state index in [4.69, 9.17) is 0 Å². The summed E-state index contributed by atoms with van der Waals surface area (Å²) in [6, 6.07) is 20.2. The highest BCUT2D eigenvalue weighted by Gasteiger charge is 2.28. The maximum Gasteiger partial charge on any atom is 0.128 e. The third-order valence-electron chi connectivity index (χ3n) is 6.50. The van der Waals surface area contributed by atoms with Crippen LogP contribution in [-0.2, 0) is 12.8 Å². The van der Waals surface area contributed by atoms with Gasteiger partial charge in [0.25, 0.3) is 0 Å². The van der Waals surface area contributed by atoms with Gasteiger partial charge in [0.15, 0.2) is 0 Å².